The van der Waals surface area contributed by atoms with Crippen LogP contribution in [0.4, 0.5) is 0 Å². The Labute approximate surface area is 160 Å². The van der Waals surface area contributed by atoms with Gasteiger partial charge < -0.3 is 5.11 Å². The summed E-state index contributed by atoms with van der Waals surface area (Å²) in [5.74, 6) is 0.280. The fourth-order valence-electron chi connectivity index (χ4n) is 3.71. The Morgan fingerprint density at radius 2 is 2.26 bits per heavy atom. The van der Waals surface area contributed by atoms with E-state index in [2.05, 4.69) is 11.9 Å². The normalized spacial score (nSPS) is 16.4. The molecule has 140 valence electrons. The van der Waals surface area contributed by atoms with E-state index in [9.17, 15) is 9.59 Å². The van der Waals surface area contributed by atoms with E-state index in [0.717, 1.165) is 35.0 Å². The molecule has 4 rings (SSSR count). The van der Waals surface area contributed by atoms with Crippen LogP contribution >= 0.6 is 11.3 Å². The summed E-state index contributed by atoms with van der Waals surface area (Å²) in [5.41, 5.74) is 1.70. The second kappa shape index (κ2) is 7.23. The van der Waals surface area contributed by atoms with E-state index < -0.39 is 5.97 Å². The van der Waals surface area contributed by atoms with E-state index >= 15 is 0 Å². The number of aryl methyl sites for hydroxylation is 1. The Bertz CT molecular complexity index is 1060. The van der Waals surface area contributed by atoms with Crippen molar-refractivity contribution >= 4 is 27.5 Å². The molecule has 0 saturated heterocycles. The van der Waals surface area contributed by atoms with E-state index in [1.165, 1.54) is 4.88 Å². The maximum Gasteiger partial charge on any atom is 0.303 e. The van der Waals surface area contributed by atoms with E-state index in [-0.39, 0.29) is 12.0 Å². The van der Waals surface area contributed by atoms with E-state index in [1.807, 2.05) is 18.2 Å². The highest BCUT2D eigenvalue weighted by atomic mass is 32.1. The molecule has 0 bridgehead atoms. The number of thiophene rings is 1. The summed E-state index contributed by atoms with van der Waals surface area (Å²) < 4.78 is 1.61. The molecule has 0 radical (unpaired) electrons. The van der Waals surface area contributed by atoms with Gasteiger partial charge in [-0.15, -0.1) is 11.3 Å². The number of aromatic nitrogens is 3. The van der Waals surface area contributed by atoms with Crippen LogP contribution in [0, 0.1) is 5.92 Å². The van der Waals surface area contributed by atoms with Gasteiger partial charge in [0.15, 0.2) is 5.82 Å². The topological polar surface area (TPSA) is 85.1 Å². The Hall–Kier alpha value is -2.54. The number of rotatable bonds is 5. The highest BCUT2D eigenvalue weighted by molar-refractivity contribution is 7.18. The van der Waals surface area contributed by atoms with E-state index in [1.54, 1.807) is 22.1 Å². The van der Waals surface area contributed by atoms with Crippen LogP contribution in [0.2, 0.25) is 0 Å². The highest BCUT2D eigenvalue weighted by Crippen LogP contribution is 2.36. The van der Waals surface area contributed by atoms with Crippen LogP contribution in [0.1, 0.15) is 36.6 Å². The molecule has 1 aliphatic rings. The van der Waals surface area contributed by atoms with Gasteiger partial charge in [0.1, 0.15) is 10.5 Å². The third-order valence-corrected chi connectivity index (χ3v) is 6.23. The lowest BCUT2D eigenvalue weighted by atomic mass is 9.89. The maximum atomic E-state index is 13.4. The van der Waals surface area contributed by atoms with Crippen LogP contribution < -0.4 is 5.56 Å². The van der Waals surface area contributed by atoms with Crippen molar-refractivity contribution in [2.24, 2.45) is 5.92 Å². The van der Waals surface area contributed by atoms with Crippen LogP contribution in [0.15, 0.2) is 29.2 Å². The molecule has 1 aliphatic carbocycles. The second-order valence-corrected chi connectivity index (χ2v) is 8.22. The summed E-state index contributed by atoms with van der Waals surface area (Å²) in [5, 5.41) is 9.67. The number of pyridine rings is 1. The number of carboxylic acids is 1. The van der Waals surface area contributed by atoms with Crippen molar-refractivity contribution in [3.63, 3.8) is 0 Å². The first kappa shape index (κ1) is 17.9. The molecular weight excluding hydrogens is 362 g/mol. The van der Waals surface area contributed by atoms with Crippen LogP contribution in [-0.4, -0.2) is 25.6 Å². The predicted molar refractivity (Wildman–Crippen MR) is 105 cm³/mol. The zero-order chi connectivity index (χ0) is 19.0. The van der Waals surface area contributed by atoms with Gasteiger partial charge in [0, 0.05) is 24.0 Å². The number of nitrogens with zero attached hydrogens (tertiary/aromatic N) is 3. The zero-order valence-corrected chi connectivity index (χ0v) is 16.0. The highest BCUT2D eigenvalue weighted by Gasteiger charge is 2.25. The Morgan fingerprint density at radius 3 is 3.00 bits per heavy atom. The lowest BCUT2D eigenvalue weighted by Gasteiger charge is -2.17. The smallest absolute Gasteiger partial charge is 0.303 e. The monoisotopic (exact) mass is 383 g/mol. The van der Waals surface area contributed by atoms with Gasteiger partial charge in [-0.25, -0.2) is 4.98 Å². The number of fused-ring (bicyclic) bond motifs is 3. The number of carboxylic acid groups (broad SMARTS) is 1. The minimum atomic E-state index is -0.863. The fraction of sp³-hybridized carbons (Fsp3) is 0.400. The number of aliphatic carboxylic acids is 1. The van der Waals surface area contributed by atoms with Gasteiger partial charge in [-0.3, -0.25) is 19.1 Å². The maximum absolute atomic E-state index is 13.4. The van der Waals surface area contributed by atoms with Gasteiger partial charge in [0.05, 0.1) is 5.39 Å². The zero-order valence-electron chi connectivity index (χ0n) is 15.1. The lowest BCUT2D eigenvalue weighted by molar-refractivity contribution is -0.137. The molecule has 0 amide bonds. The van der Waals surface area contributed by atoms with Gasteiger partial charge in [-0.1, -0.05) is 13.0 Å². The number of carbonyl (C=O) groups is 1. The van der Waals surface area contributed by atoms with Gasteiger partial charge in [-0.2, -0.15) is 0 Å². The minimum Gasteiger partial charge on any atom is -0.481 e. The lowest BCUT2D eigenvalue weighted by Crippen LogP contribution is -2.25. The predicted octanol–water partition coefficient (Wildman–Crippen LogP) is 3.51. The molecule has 0 fully saturated rings. The van der Waals surface area contributed by atoms with Crippen molar-refractivity contribution in [1.82, 2.24) is 14.5 Å². The van der Waals surface area contributed by atoms with Gasteiger partial charge in [-0.05, 0) is 49.3 Å². The molecular formula is C20H21N3O3S. The summed E-state index contributed by atoms with van der Waals surface area (Å²) in [6.07, 6.45) is 5.06. The Kier molecular flexibility index (Phi) is 4.78. The molecule has 0 aromatic carbocycles. The molecule has 7 heteroatoms. The summed E-state index contributed by atoms with van der Waals surface area (Å²) in [4.78, 5) is 35.5. The van der Waals surface area contributed by atoms with Crippen molar-refractivity contribution in [1.29, 1.82) is 0 Å². The summed E-state index contributed by atoms with van der Waals surface area (Å²) >= 11 is 1.62. The Morgan fingerprint density at radius 1 is 1.41 bits per heavy atom. The average Bonchev–Trinajstić information content (AvgIpc) is 3.01. The molecule has 3 aromatic rings. The SMILES string of the molecule is CC1CCc2c(sc3nc(-c4ccccn4)n(CCCC(=O)O)c(=O)c23)C1. The fourth-order valence-corrected chi connectivity index (χ4v) is 5.08. The first-order valence-electron chi connectivity index (χ1n) is 9.23. The summed E-state index contributed by atoms with van der Waals surface area (Å²) in [7, 11) is 0. The van der Waals surface area contributed by atoms with E-state index in [4.69, 9.17) is 10.1 Å². The second-order valence-electron chi connectivity index (χ2n) is 7.14. The van der Waals surface area contributed by atoms with Gasteiger partial charge in [0.2, 0.25) is 0 Å². The molecule has 3 aromatic heterocycles. The first-order chi connectivity index (χ1) is 13.0. The third kappa shape index (κ3) is 3.39. The van der Waals surface area contributed by atoms with Crippen molar-refractivity contribution in [3.05, 3.63) is 45.2 Å². The van der Waals surface area contributed by atoms with Gasteiger partial charge in [0.25, 0.3) is 5.56 Å². The molecule has 0 aliphatic heterocycles. The summed E-state index contributed by atoms with van der Waals surface area (Å²) in [6, 6.07) is 5.51. The van der Waals surface area contributed by atoms with Gasteiger partial charge >= 0.3 is 5.97 Å². The summed E-state index contributed by atoms with van der Waals surface area (Å²) in [6.45, 7) is 2.56. The van der Waals surface area contributed by atoms with Crippen LogP contribution in [0.25, 0.3) is 21.7 Å². The Balaban J connectivity index is 1.89. The molecule has 3 heterocycles. The van der Waals surface area contributed by atoms with Crippen molar-refractivity contribution < 1.29 is 9.90 Å². The third-order valence-electron chi connectivity index (χ3n) is 5.08. The van der Waals surface area contributed by atoms with Crippen molar-refractivity contribution in [3.8, 4) is 11.5 Å². The van der Waals surface area contributed by atoms with Crippen LogP contribution in [-0.2, 0) is 24.2 Å². The number of hydrogen-bond acceptors (Lipinski definition) is 5. The first-order valence-corrected chi connectivity index (χ1v) is 10.0. The molecule has 0 saturated carbocycles. The molecule has 27 heavy (non-hydrogen) atoms. The molecule has 0 spiro atoms. The molecule has 6 nitrogen and oxygen atoms in total. The minimum absolute atomic E-state index is 0.0192. The standard InChI is InChI=1S/C20H21N3O3S/c1-12-7-8-13-15(11-12)27-19-17(13)20(26)23(10-4-6-16(24)25)18(22-19)14-5-2-3-9-21-14/h2-3,5,9,12H,4,6-8,10-11H2,1H3,(H,24,25). The quantitative estimate of drug-likeness (QED) is 0.729. The van der Waals surface area contributed by atoms with E-state index in [0.29, 0.717) is 30.4 Å². The molecule has 1 N–H and O–H groups in total. The van der Waals surface area contributed by atoms with Crippen molar-refractivity contribution in [2.45, 2.75) is 45.6 Å². The van der Waals surface area contributed by atoms with Crippen LogP contribution in [0.3, 0.4) is 0 Å². The van der Waals surface area contributed by atoms with Crippen LogP contribution in [0.5, 0.6) is 0 Å². The van der Waals surface area contributed by atoms with Crippen molar-refractivity contribution in [2.75, 3.05) is 0 Å². The average molecular weight is 383 g/mol. The molecule has 1 unspecified atom stereocenters. The number of hydrogen-bond donors (Lipinski definition) is 1. The molecule has 1 atom stereocenters. The largest absolute Gasteiger partial charge is 0.481 e.